The summed E-state index contributed by atoms with van der Waals surface area (Å²) in [5.74, 6) is 0.00399. The van der Waals surface area contributed by atoms with Crippen LogP contribution in [0, 0.1) is 0 Å². The van der Waals surface area contributed by atoms with E-state index in [4.69, 9.17) is 4.74 Å². The molecular formula is C14H16F3NO3. The number of alkyl halides is 3. The van der Waals surface area contributed by atoms with Crippen molar-refractivity contribution in [1.29, 1.82) is 0 Å². The highest BCUT2D eigenvalue weighted by Gasteiger charge is 2.50. The van der Waals surface area contributed by atoms with Crippen molar-refractivity contribution in [2.24, 2.45) is 0 Å². The lowest BCUT2D eigenvalue weighted by Crippen LogP contribution is -2.47. The van der Waals surface area contributed by atoms with Gasteiger partial charge in [0.2, 0.25) is 0 Å². The van der Waals surface area contributed by atoms with Gasteiger partial charge in [0.1, 0.15) is 12.4 Å². The van der Waals surface area contributed by atoms with Crippen LogP contribution < -0.4 is 10.1 Å². The lowest BCUT2D eigenvalue weighted by Gasteiger charge is -2.26. The molecule has 2 rings (SSSR count). The second-order valence-corrected chi connectivity index (χ2v) is 5.24. The Hall–Kier alpha value is -1.76. The Bertz CT molecular complexity index is 541. The fourth-order valence-electron chi connectivity index (χ4n) is 1.97. The molecule has 1 unspecified atom stereocenters. The predicted molar refractivity (Wildman–Crippen MR) is 69.3 cm³/mol. The largest absolute Gasteiger partial charge is 0.490 e. The monoisotopic (exact) mass is 303 g/mol. The van der Waals surface area contributed by atoms with Gasteiger partial charge in [0.25, 0.3) is 5.91 Å². The lowest BCUT2D eigenvalue weighted by molar-refractivity contribution is -0.260. The van der Waals surface area contributed by atoms with Crippen LogP contribution in [0.3, 0.4) is 0 Å². The molecule has 0 bridgehead atoms. The van der Waals surface area contributed by atoms with Gasteiger partial charge in [-0.1, -0.05) is 0 Å². The number of fused-ring (bicyclic) bond motifs is 1. The number of benzene rings is 1. The zero-order chi connectivity index (χ0) is 15.7. The van der Waals surface area contributed by atoms with Crippen LogP contribution in [0.1, 0.15) is 29.3 Å². The summed E-state index contributed by atoms with van der Waals surface area (Å²) in [5, 5.41) is 12.1. The van der Waals surface area contributed by atoms with Crippen LogP contribution in [-0.2, 0) is 6.42 Å². The molecule has 1 aliphatic heterocycles. The van der Waals surface area contributed by atoms with E-state index in [0.29, 0.717) is 25.5 Å². The molecule has 0 radical (unpaired) electrons. The predicted octanol–water partition coefficient (Wildman–Crippen LogP) is 2.05. The van der Waals surface area contributed by atoms with Crippen molar-refractivity contribution in [2.45, 2.75) is 31.5 Å². The fourth-order valence-corrected chi connectivity index (χ4v) is 1.97. The molecule has 0 aromatic heterocycles. The molecule has 1 aromatic carbocycles. The number of aliphatic hydroxyl groups is 1. The molecule has 1 atom stereocenters. The molecule has 116 valence electrons. The van der Waals surface area contributed by atoms with E-state index in [-0.39, 0.29) is 11.7 Å². The first-order chi connectivity index (χ1) is 9.71. The minimum absolute atomic E-state index is 0.198. The van der Waals surface area contributed by atoms with E-state index in [9.17, 15) is 23.1 Å². The Balaban J connectivity index is 2.13. The molecule has 1 amide bonds. The molecule has 1 aliphatic rings. The van der Waals surface area contributed by atoms with Gasteiger partial charge in [0.05, 0.1) is 0 Å². The van der Waals surface area contributed by atoms with Crippen LogP contribution in [-0.4, -0.2) is 35.9 Å². The second-order valence-electron chi connectivity index (χ2n) is 5.24. The Morgan fingerprint density at radius 3 is 2.76 bits per heavy atom. The van der Waals surface area contributed by atoms with Crippen LogP contribution in [0.5, 0.6) is 5.75 Å². The maximum Gasteiger partial charge on any atom is 0.420 e. The number of carbonyl (C=O) groups is 1. The summed E-state index contributed by atoms with van der Waals surface area (Å²) in [6, 6.07) is 4.50. The summed E-state index contributed by atoms with van der Waals surface area (Å²) in [6.07, 6.45) is -3.37. The van der Waals surface area contributed by atoms with Crippen LogP contribution in [0.15, 0.2) is 18.2 Å². The quantitative estimate of drug-likeness (QED) is 0.898. The first kappa shape index (κ1) is 15.6. The number of hydrogen-bond donors (Lipinski definition) is 2. The third-order valence-corrected chi connectivity index (χ3v) is 3.36. The maximum atomic E-state index is 12.5. The van der Waals surface area contributed by atoms with Gasteiger partial charge in [0, 0.05) is 12.1 Å². The summed E-state index contributed by atoms with van der Waals surface area (Å²) < 4.78 is 42.6. The van der Waals surface area contributed by atoms with Crippen LogP contribution >= 0.6 is 0 Å². The average molecular weight is 303 g/mol. The summed E-state index contributed by atoms with van der Waals surface area (Å²) in [7, 11) is 0. The van der Waals surface area contributed by atoms with E-state index >= 15 is 0 Å². The number of hydrogen-bond acceptors (Lipinski definition) is 3. The second kappa shape index (κ2) is 5.55. The van der Waals surface area contributed by atoms with Gasteiger partial charge in [-0.15, -0.1) is 0 Å². The topological polar surface area (TPSA) is 58.6 Å². The zero-order valence-electron chi connectivity index (χ0n) is 11.5. The van der Waals surface area contributed by atoms with Crippen LogP contribution in [0.4, 0.5) is 13.2 Å². The van der Waals surface area contributed by atoms with Crippen molar-refractivity contribution in [1.82, 2.24) is 5.32 Å². The standard InChI is InChI=1S/C14H16F3NO3/c1-13(20,14(15,16)17)8-21-10-4-5-11-9(7-10)3-2-6-18-12(11)19/h4-5,7,20H,2-3,6,8H2,1H3,(H,18,19). The Morgan fingerprint density at radius 1 is 1.38 bits per heavy atom. The summed E-state index contributed by atoms with van der Waals surface area (Å²) in [4.78, 5) is 11.7. The number of ether oxygens (including phenoxy) is 1. The van der Waals surface area contributed by atoms with Gasteiger partial charge in [-0.25, -0.2) is 0 Å². The molecule has 0 saturated heterocycles. The van der Waals surface area contributed by atoms with E-state index in [1.165, 1.54) is 12.1 Å². The van der Waals surface area contributed by atoms with Crippen LogP contribution in [0.25, 0.3) is 0 Å². The van der Waals surface area contributed by atoms with E-state index < -0.39 is 18.4 Å². The smallest absolute Gasteiger partial charge is 0.420 e. The molecule has 7 heteroatoms. The first-order valence-corrected chi connectivity index (χ1v) is 6.54. The molecule has 0 spiro atoms. The van der Waals surface area contributed by atoms with Crippen molar-refractivity contribution in [3.05, 3.63) is 29.3 Å². The molecule has 21 heavy (non-hydrogen) atoms. The fraction of sp³-hybridized carbons (Fsp3) is 0.500. The summed E-state index contributed by atoms with van der Waals surface area (Å²) in [6.45, 7) is 0.317. The Kier molecular flexibility index (Phi) is 4.13. The molecule has 0 aliphatic carbocycles. The van der Waals surface area contributed by atoms with Gasteiger partial charge in [-0.2, -0.15) is 13.2 Å². The van der Waals surface area contributed by atoms with Gasteiger partial charge < -0.3 is 15.2 Å². The average Bonchev–Trinajstić information content (AvgIpc) is 2.57. The summed E-state index contributed by atoms with van der Waals surface area (Å²) >= 11 is 0. The lowest BCUT2D eigenvalue weighted by atomic mass is 10.0. The number of rotatable bonds is 3. The Morgan fingerprint density at radius 2 is 2.10 bits per heavy atom. The van der Waals surface area contributed by atoms with Crippen molar-refractivity contribution < 1.29 is 27.8 Å². The number of nitrogens with one attached hydrogen (secondary N) is 1. The van der Waals surface area contributed by atoms with Crippen molar-refractivity contribution >= 4 is 5.91 Å². The molecule has 0 saturated carbocycles. The maximum absolute atomic E-state index is 12.5. The number of aryl methyl sites for hydroxylation is 1. The minimum Gasteiger partial charge on any atom is -0.490 e. The highest BCUT2D eigenvalue weighted by Crippen LogP contribution is 2.31. The van der Waals surface area contributed by atoms with E-state index in [1.807, 2.05) is 0 Å². The number of halogens is 3. The van der Waals surface area contributed by atoms with Crippen molar-refractivity contribution in [3.8, 4) is 5.75 Å². The molecule has 4 nitrogen and oxygen atoms in total. The number of carbonyl (C=O) groups excluding carboxylic acids is 1. The third-order valence-electron chi connectivity index (χ3n) is 3.36. The van der Waals surface area contributed by atoms with Gasteiger partial charge >= 0.3 is 6.18 Å². The minimum atomic E-state index is -4.77. The molecule has 0 fully saturated rings. The van der Waals surface area contributed by atoms with Gasteiger partial charge in [-0.05, 0) is 43.5 Å². The summed E-state index contributed by atoms with van der Waals surface area (Å²) in [5.41, 5.74) is -1.69. The van der Waals surface area contributed by atoms with E-state index in [0.717, 1.165) is 12.0 Å². The van der Waals surface area contributed by atoms with Gasteiger partial charge in [0.15, 0.2) is 5.60 Å². The first-order valence-electron chi connectivity index (χ1n) is 6.54. The number of amides is 1. The molecular weight excluding hydrogens is 287 g/mol. The zero-order valence-corrected chi connectivity index (χ0v) is 11.5. The normalized spacial score (nSPS) is 18.2. The van der Waals surface area contributed by atoms with E-state index in [1.54, 1.807) is 6.07 Å². The van der Waals surface area contributed by atoms with E-state index in [2.05, 4.69) is 5.32 Å². The highest BCUT2D eigenvalue weighted by molar-refractivity contribution is 5.96. The van der Waals surface area contributed by atoms with Crippen molar-refractivity contribution in [3.63, 3.8) is 0 Å². The van der Waals surface area contributed by atoms with Gasteiger partial charge in [-0.3, -0.25) is 4.79 Å². The molecule has 2 N–H and O–H groups in total. The molecule has 1 heterocycles. The Labute approximate surface area is 119 Å². The van der Waals surface area contributed by atoms with Crippen molar-refractivity contribution in [2.75, 3.05) is 13.2 Å². The molecule has 1 aromatic rings. The third kappa shape index (κ3) is 3.47. The van der Waals surface area contributed by atoms with Crippen LogP contribution in [0.2, 0.25) is 0 Å². The SMILES string of the molecule is CC(O)(COc1ccc2c(c1)CCCNC2=O)C(F)(F)F. The highest BCUT2D eigenvalue weighted by atomic mass is 19.4.